The minimum Gasteiger partial charge on any atom is -0.403 e. The van der Waals surface area contributed by atoms with Crippen LogP contribution in [-0.4, -0.2) is 4.98 Å². The van der Waals surface area contributed by atoms with Gasteiger partial charge in [0.05, 0.1) is 22.3 Å². The van der Waals surface area contributed by atoms with Crippen LogP contribution in [0.2, 0.25) is 10.0 Å². The lowest BCUT2D eigenvalue weighted by atomic mass is 10.1. The first kappa shape index (κ1) is 15.3. The summed E-state index contributed by atoms with van der Waals surface area (Å²) in [5, 5.41) is 0.866. The maximum atomic E-state index is 11.9. The predicted molar refractivity (Wildman–Crippen MR) is 91.4 cm³/mol. The van der Waals surface area contributed by atoms with E-state index >= 15 is 0 Å². The van der Waals surface area contributed by atoms with Gasteiger partial charge in [-0.3, -0.25) is 0 Å². The first-order valence-electron chi connectivity index (χ1n) is 6.27. The van der Waals surface area contributed by atoms with Crippen LogP contribution in [0.25, 0.3) is 22.7 Å². The molecule has 0 saturated heterocycles. The van der Waals surface area contributed by atoms with Crippen molar-refractivity contribution in [3.05, 3.63) is 73.5 Å². The number of hydrogen-bond acceptors (Lipinski definition) is 3. The van der Waals surface area contributed by atoms with Crippen LogP contribution in [0.3, 0.4) is 0 Å². The second kappa shape index (κ2) is 6.24. The van der Waals surface area contributed by atoms with Gasteiger partial charge in [0.1, 0.15) is 0 Å². The minimum absolute atomic E-state index is 0.153. The molecule has 0 spiro atoms. The molecule has 110 valence electrons. The van der Waals surface area contributed by atoms with Crippen molar-refractivity contribution in [3.63, 3.8) is 0 Å². The van der Waals surface area contributed by atoms with Gasteiger partial charge in [-0.15, -0.1) is 0 Å². The summed E-state index contributed by atoms with van der Waals surface area (Å²) in [7, 11) is 0. The van der Waals surface area contributed by atoms with Gasteiger partial charge < -0.3 is 4.42 Å². The summed E-state index contributed by atoms with van der Waals surface area (Å²) in [5.41, 5.74) is 1.31. The molecule has 0 N–H and O–H groups in total. The number of nitrogens with zero attached hydrogens (tertiary/aromatic N) is 1. The van der Waals surface area contributed by atoms with Gasteiger partial charge in [-0.05, 0) is 24.3 Å². The van der Waals surface area contributed by atoms with E-state index in [1.165, 1.54) is 6.07 Å². The van der Waals surface area contributed by atoms with E-state index in [9.17, 15) is 4.79 Å². The standard InChI is InChI=1S/C16H8BrCl2NO2/c17-12-4-2-1-3-10(12)14-8-15(21)22-16(20-14)11-6-5-9(18)7-13(11)19/h1-8H. The van der Waals surface area contributed by atoms with E-state index in [1.54, 1.807) is 18.2 Å². The SMILES string of the molecule is O=c1cc(-c2ccccc2Br)nc(-c2ccc(Cl)cc2Cl)o1. The number of halogens is 3. The first-order valence-corrected chi connectivity index (χ1v) is 7.82. The molecule has 3 nitrogen and oxygen atoms in total. The quantitative estimate of drug-likeness (QED) is 0.579. The number of benzene rings is 2. The van der Waals surface area contributed by atoms with Crippen molar-refractivity contribution in [2.24, 2.45) is 0 Å². The second-order valence-corrected chi connectivity index (χ2v) is 6.17. The topological polar surface area (TPSA) is 43.1 Å². The molecule has 3 rings (SSSR count). The fourth-order valence-electron chi connectivity index (χ4n) is 1.99. The molecule has 0 saturated carbocycles. The van der Waals surface area contributed by atoms with Crippen molar-refractivity contribution in [2.45, 2.75) is 0 Å². The summed E-state index contributed by atoms with van der Waals surface area (Å²) in [6.07, 6.45) is 0. The van der Waals surface area contributed by atoms with E-state index in [0.29, 0.717) is 21.3 Å². The van der Waals surface area contributed by atoms with Crippen molar-refractivity contribution in [1.29, 1.82) is 0 Å². The van der Waals surface area contributed by atoms with Gasteiger partial charge in [0.2, 0.25) is 5.89 Å². The van der Waals surface area contributed by atoms with Gasteiger partial charge in [0.25, 0.3) is 0 Å². The van der Waals surface area contributed by atoms with Crippen molar-refractivity contribution < 1.29 is 4.42 Å². The van der Waals surface area contributed by atoms with Gasteiger partial charge in [0.15, 0.2) is 0 Å². The van der Waals surface area contributed by atoms with Crippen LogP contribution in [-0.2, 0) is 0 Å². The molecule has 22 heavy (non-hydrogen) atoms. The average molecular weight is 397 g/mol. The Morgan fingerprint density at radius 2 is 1.77 bits per heavy atom. The van der Waals surface area contributed by atoms with Crippen molar-refractivity contribution in [3.8, 4) is 22.7 Å². The highest BCUT2D eigenvalue weighted by atomic mass is 79.9. The second-order valence-electron chi connectivity index (χ2n) is 4.47. The molecule has 1 aromatic heterocycles. The molecule has 0 unspecified atom stereocenters. The van der Waals surface area contributed by atoms with Crippen LogP contribution >= 0.6 is 39.1 Å². The lowest BCUT2D eigenvalue weighted by molar-refractivity contribution is 0.508. The zero-order valence-electron chi connectivity index (χ0n) is 11.0. The Bertz CT molecular complexity index is 909. The molecule has 0 aliphatic rings. The zero-order chi connectivity index (χ0) is 15.7. The van der Waals surface area contributed by atoms with Crippen LogP contribution in [0, 0.1) is 0 Å². The third-order valence-electron chi connectivity index (χ3n) is 2.99. The van der Waals surface area contributed by atoms with Gasteiger partial charge in [-0.1, -0.05) is 57.3 Å². The molecule has 2 aromatic carbocycles. The van der Waals surface area contributed by atoms with Gasteiger partial charge in [-0.25, -0.2) is 9.78 Å². The van der Waals surface area contributed by atoms with Crippen LogP contribution in [0.4, 0.5) is 0 Å². The maximum Gasteiger partial charge on any atom is 0.339 e. The monoisotopic (exact) mass is 395 g/mol. The molecule has 0 atom stereocenters. The molecule has 0 bridgehead atoms. The predicted octanol–water partition coefficient (Wildman–Crippen LogP) is 5.44. The maximum absolute atomic E-state index is 11.9. The third kappa shape index (κ3) is 3.09. The number of rotatable bonds is 2. The molecule has 0 aliphatic heterocycles. The van der Waals surface area contributed by atoms with E-state index in [2.05, 4.69) is 20.9 Å². The zero-order valence-corrected chi connectivity index (χ0v) is 14.1. The van der Waals surface area contributed by atoms with E-state index in [0.717, 1.165) is 10.0 Å². The van der Waals surface area contributed by atoms with E-state index in [1.807, 2.05) is 24.3 Å². The van der Waals surface area contributed by atoms with Crippen LogP contribution in [0.5, 0.6) is 0 Å². The fraction of sp³-hybridized carbons (Fsp3) is 0. The Morgan fingerprint density at radius 3 is 2.50 bits per heavy atom. The summed E-state index contributed by atoms with van der Waals surface area (Å²) >= 11 is 15.5. The molecule has 0 aliphatic carbocycles. The molecular weight excluding hydrogens is 389 g/mol. The summed E-state index contributed by atoms with van der Waals surface area (Å²) in [4.78, 5) is 16.3. The van der Waals surface area contributed by atoms with E-state index in [4.69, 9.17) is 27.6 Å². The van der Waals surface area contributed by atoms with Crippen molar-refractivity contribution in [2.75, 3.05) is 0 Å². The number of hydrogen-bond donors (Lipinski definition) is 0. The number of aromatic nitrogens is 1. The fourth-order valence-corrected chi connectivity index (χ4v) is 2.96. The van der Waals surface area contributed by atoms with Crippen molar-refractivity contribution >= 4 is 39.1 Å². The molecule has 6 heteroatoms. The summed E-state index contributed by atoms with van der Waals surface area (Å²) in [5.74, 6) is 0.153. The van der Waals surface area contributed by atoms with Crippen LogP contribution in [0.1, 0.15) is 0 Å². The normalized spacial score (nSPS) is 10.7. The minimum atomic E-state index is -0.498. The molecule has 0 amide bonds. The lowest BCUT2D eigenvalue weighted by Gasteiger charge is -2.06. The Labute approximate surface area is 144 Å². The Hall–Kier alpha value is -1.62. The first-order chi connectivity index (χ1) is 10.5. The smallest absolute Gasteiger partial charge is 0.339 e. The molecule has 3 aromatic rings. The average Bonchev–Trinajstić information content (AvgIpc) is 2.47. The molecule has 0 radical (unpaired) electrons. The Morgan fingerprint density at radius 1 is 1.00 bits per heavy atom. The van der Waals surface area contributed by atoms with E-state index in [-0.39, 0.29) is 5.89 Å². The highest BCUT2D eigenvalue weighted by Crippen LogP contribution is 2.31. The summed E-state index contributed by atoms with van der Waals surface area (Å²) < 4.78 is 6.01. The van der Waals surface area contributed by atoms with Gasteiger partial charge >= 0.3 is 5.63 Å². The van der Waals surface area contributed by atoms with Gasteiger partial charge in [0, 0.05) is 15.1 Å². The lowest BCUT2D eigenvalue weighted by Crippen LogP contribution is -2.02. The molecule has 0 fully saturated rings. The highest BCUT2D eigenvalue weighted by molar-refractivity contribution is 9.10. The van der Waals surface area contributed by atoms with Crippen LogP contribution in [0.15, 0.2) is 62.2 Å². The van der Waals surface area contributed by atoms with Gasteiger partial charge in [-0.2, -0.15) is 0 Å². The summed E-state index contributed by atoms with van der Waals surface area (Å²) in [6, 6.07) is 13.7. The third-order valence-corrected chi connectivity index (χ3v) is 4.22. The van der Waals surface area contributed by atoms with Crippen LogP contribution < -0.4 is 5.63 Å². The van der Waals surface area contributed by atoms with E-state index < -0.39 is 5.63 Å². The van der Waals surface area contributed by atoms with Crippen molar-refractivity contribution in [1.82, 2.24) is 4.98 Å². The molecular formula is C16H8BrCl2NO2. The highest BCUT2D eigenvalue weighted by Gasteiger charge is 2.13. The summed E-state index contributed by atoms with van der Waals surface area (Å²) in [6.45, 7) is 0. The largest absolute Gasteiger partial charge is 0.403 e. The molecule has 1 heterocycles. The Balaban J connectivity index is 2.19. The Kier molecular flexibility index (Phi) is 4.34.